The molecule has 0 fully saturated rings. The zero-order chi connectivity index (χ0) is 11.0. The molecule has 0 spiro atoms. The number of rotatable bonds is 2. The number of hydrogen-bond acceptors (Lipinski definition) is 5. The van der Waals surface area contributed by atoms with Crippen LogP contribution in [0.15, 0.2) is 22.7 Å². The molecule has 2 aromatic rings. The summed E-state index contributed by atoms with van der Waals surface area (Å²) in [4.78, 5) is 10.7. The minimum atomic E-state index is -1.26. The summed E-state index contributed by atoms with van der Waals surface area (Å²) < 4.78 is 4.87. The molecule has 4 N–H and O–H groups in total. The van der Waals surface area contributed by atoms with Crippen molar-refractivity contribution in [3.8, 4) is 5.75 Å². The molecule has 0 saturated carbocycles. The molecule has 0 aliphatic rings. The van der Waals surface area contributed by atoms with Crippen molar-refractivity contribution in [1.29, 1.82) is 0 Å². The van der Waals surface area contributed by atoms with E-state index in [1.54, 1.807) is 0 Å². The number of nitrogens with zero attached hydrogens (tertiary/aromatic N) is 1. The Labute approximate surface area is 83.9 Å². The number of carbonyl (C=O) groups is 1. The number of phenolic OH excluding ortho intramolecular Hbond substituents is 1. The maximum atomic E-state index is 10.7. The summed E-state index contributed by atoms with van der Waals surface area (Å²) in [6.07, 6.45) is 0. The van der Waals surface area contributed by atoms with E-state index in [-0.39, 0.29) is 11.4 Å². The summed E-state index contributed by atoms with van der Waals surface area (Å²) >= 11 is 0. The average molecular weight is 208 g/mol. The van der Waals surface area contributed by atoms with E-state index >= 15 is 0 Å². The van der Waals surface area contributed by atoms with Crippen molar-refractivity contribution < 1.29 is 19.5 Å². The molecule has 0 unspecified atom stereocenters. The quantitative estimate of drug-likeness (QED) is 0.667. The number of phenols is 1. The van der Waals surface area contributed by atoms with Crippen LogP contribution in [-0.4, -0.2) is 21.3 Å². The van der Waals surface area contributed by atoms with Gasteiger partial charge in [-0.15, -0.1) is 0 Å². The Morgan fingerprint density at radius 2 is 2.27 bits per heavy atom. The summed E-state index contributed by atoms with van der Waals surface area (Å²) in [6, 6.07) is 3.02. The summed E-state index contributed by atoms with van der Waals surface area (Å²) in [6.45, 7) is 0. The van der Waals surface area contributed by atoms with Gasteiger partial charge in [-0.2, -0.15) is 0 Å². The van der Waals surface area contributed by atoms with E-state index in [1.807, 2.05) is 0 Å². The van der Waals surface area contributed by atoms with E-state index in [1.165, 1.54) is 18.2 Å². The van der Waals surface area contributed by atoms with Crippen molar-refractivity contribution in [1.82, 2.24) is 5.16 Å². The number of aliphatic carboxylic acids is 1. The summed E-state index contributed by atoms with van der Waals surface area (Å²) in [5.41, 5.74) is 5.89. The monoisotopic (exact) mass is 208 g/mol. The van der Waals surface area contributed by atoms with Gasteiger partial charge in [0.2, 0.25) is 0 Å². The van der Waals surface area contributed by atoms with Gasteiger partial charge in [-0.25, -0.2) is 0 Å². The van der Waals surface area contributed by atoms with Crippen LogP contribution in [0.3, 0.4) is 0 Å². The van der Waals surface area contributed by atoms with Crippen LogP contribution >= 0.6 is 0 Å². The molecule has 0 aliphatic carbocycles. The Bertz CT molecular complexity index is 520. The van der Waals surface area contributed by atoms with Crippen LogP contribution in [0.4, 0.5) is 0 Å². The second-order valence-electron chi connectivity index (χ2n) is 3.06. The van der Waals surface area contributed by atoms with Crippen LogP contribution in [0, 0.1) is 0 Å². The van der Waals surface area contributed by atoms with Gasteiger partial charge in [0.15, 0.2) is 11.6 Å². The standard InChI is InChI=1S/C9H8N2O4/c10-7(9(13)14)8-5-3-4(12)1-2-6(5)15-11-8/h1-3,7,12H,10H2,(H,13,14)/t7-/m1/s1. The number of carboxylic acids is 1. The van der Waals surface area contributed by atoms with Crippen LogP contribution in [0.5, 0.6) is 5.75 Å². The van der Waals surface area contributed by atoms with Crippen molar-refractivity contribution in [2.24, 2.45) is 5.73 Å². The topological polar surface area (TPSA) is 110 Å². The molecule has 2 rings (SSSR count). The van der Waals surface area contributed by atoms with Gasteiger partial charge in [-0.3, -0.25) is 4.79 Å². The Morgan fingerprint density at radius 3 is 2.93 bits per heavy atom. The number of carboxylic acid groups (broad SMARTS) is 1. The number of benzene rings is 1. The first kappa shape index (κ1) is 9.47. The van der Waals surface area contributed by atoms with Gasteiger partial charge >= 0.3 is 5.97 Å². The Balaban J connectivity index is 2.61. The lowest BCUT2D eigenvalue weighted by Gasteiger charge is -2.01. The molecule has 1 atom stereocenters. The molecular weight excluding hydrogens is 200 g/mol. The molecule has 6 heteroatoms. The van der Waals surface area contributed by atoms with Crippen molar-refractivity contribution in [3.63, 3.8) is 0 Å². The molecule has 0 saturated heterocycles. The van der Waals surface area contributed by atoms with Gasteiger partial charge < -0.3 is 20.5 Å². The third-order valence-electron chi connectivity index (χ3n) is 2.04. The van der Waals surface area contributed by atoms with E-state index in [0.717, 1.165) is 0 Å². The van der Waals surface area contributed by atoms with E-state index < -0.39 is 12.0 Å². The van der Waals surface area contributed by atoms with Crippen molar-refractivity contribution in [3.05, 3.63) is 23.9 Å². The van der Waals surface area contributed by atoms with Crippen LogP contribution in [0.2, 0.25) is 0 Å². The fourth-order valence-electron chi connectivity index (χ4n) is 1.29. The third-order valence-corrected chi connectivity index (χ3v) is 2.04. The second kappa shape index (κ2) is 3.25. The average Bonchev–Trinajstić information content (AvgIpc) is 2.59. The van der Waals surface area contributed by atoms with Gasteiger partial charge in [0.1, 0.15) is 11.4 Å². The maximum Gasteiger partial charge on any atom is 0.326 e. The largest absolute Gasteiger partial charge is 0.508 e. The van der Waals surface area contributed by atoms with Gasteiger partial charge in [0, 0.05) is 0 Å². The second-order valence-corrected chi connectivity index (χ2v) is 3.06. The van der Waals surface area contributed by atoms with Gasteiger partial charge in [-0.05, 0) is 18.2 Å². The molecule has 6 nitrogen and oxygen atoms in total. The third kappa shape index (κ3) is 1.50. The zero-order valence-electron chi connectivity index (χ0n) is 7.54. The lowest BCUT2D eigenvalue weighted by atomic mass is 10.1. The fraction of sp³-hybridized carbons (Fsp3) is 0.111. The van der Waals surface area contributed by atoms with Crippen LogP contribution in [0.25, 0.3) is 11.0 Å². The van der Waals surface area contributed by atoms with E-state index in [9.17, 15) is 9.90 Å². The van der Waals surface area contributed by atoms with Gasteiger partial charge in [0.05, 0.1) is 5.39 Å². The number of hydrogen-bond donors (Lipinski definition) is 3. The molecule has 0 radical (unpaired) electrons. The smallest absolute Gasteiger partial charge is 0.326 e. The summed E-state index contributed by atoms with van der Waals surface area (Å²) in [7, 11) is 0. The molecule has 1 heterocycles. The van der Waals surface area contributed by atoms with Crippen LogP contribution in [0.1, 0.15) is 11.7 Å². The molecule has 0 aliphatic heterocycles. The molecule has 1 aromatic carbocycles. The van der Waals surface area contributed by atoms with Gasteiger partial charge in [-0.1, -0.05) is 5.16 Å². The normalized spacial score (nSPS) is 12.9. The SMILES string of the molecule is N[C@@H](C(=O)O)c1noc2ccc(O)cc12. The van der Waals surface area contributed by atoms with Crippen LogP contribution < -0.4 is 5.73 Å². The highest BCUT2D eigenvalue weighted by Gasteiger charge is 2.21. The Kier molecular flexibility index (Phi) is 2.05. The maximum absolute atomic E-state index is 10.7. The lowest BCUT2D eigenvalue weighted by Crippen LogP contribution is -2.21. The summed E-state index contributed by atoms with van der Waals surface area (Å²) in [5, 5.41) is 21.9. The minimum Gasteiger partial charge on any atom is -0.508 e. The molecule has 0 bridgehead atoms. The van der Waals surface area contributed by atoms with E-state index in [0.29, 0.717) is 11.0 Å². The number of nitrogens with two attached hydrogens (primary N) is 1. The van der Waals surface area contributed by atoms with Gasteiger partial charge in [0.25, 0.3) is 0 Å². The Morgan fingerprint density at radius 1 is 1.53 bits per heavy atom. The highest BCUT2D eigenvalue weighted by molar-refractivity contribution is 5.86. The number of aromatic nitrogens is 1. The first-order valence-corrected chi connectivity index (χ1v) is 4.16. The number of fused-ring (bicyclic) bond motifs is 1. The molecule has 78 valence electrons. The molecule has 15 heavy (non-hydrogen) atoms. The Hall–Kier alpha value is -2.08. The van der Waals surface area contributed by atoms with Crippen molar-refractivity contribution in [2.45, 2.75) is 6.04 Å². The number of aromatic hydroxyl groups is 1. The zero-order valence-corrected chi connectivity index (χ0v) is 7.54. The molecule has 0 amide bonds. The first-order chi connectivity index (χ1) is 7.09. The van der Waals surface area contributed by atoms with E-state index in [2.05, 4.69) is 5.16 Å². The van der Waals surface area contributed by atoms with Crippen molar-refractivity contribution >= 4 is 16.9 Å². The first-order valence-electron chi connectivity index (χ1n) is 4.16. The molecular formula is C9H8N2O4. The minimum absolute atomic E-state index is 0.00420. The predicted molar refractivity (Wildman–Crippen MR) is 50.2 cm³/mol. The summed E-state index contributed by atoms with van der Waals surface area (Å²) in [5.74, 6) is -1.20. The van der Waals surface area contributed by atoms with Crippen LogP contribution in [-0.2, 0) is 4.79 Å². The highest BCUT2D eigenvalue weighted by Crippen LogP contribution is 2.26. The van der Waals surface area contributed by atoms with Crippen molar-refractivity contribution in [2.75, 3.05) is 0 Å². The van der Waals surface area contributed by atoms with E-state index in [4.69, 9.17) is 15.4 Å². The lowest BCUT2D eigenvalue weighted by molar-refractivity contribution is -0.138. The predicted octanol–water partition coefficient (Wildman–Crippen LogP) is 0.618. The molecule has 1 aromatic heterocycles. The highest BCUT2D eigenvalue weighted by atomic mass is 16.5. The fourth-order valence-corrected chi connectivity index (χ4v) is 1.29.